The Labute approximate surface area is 49.0 Å². The highest BCUT2D eigenvalue weighted by Crippen LogP contribution is 1.54. The SMILES string of the molecule is C=CC#CC#CCO. The Kier molecular flexibility index (Phi) is 4.96. The molecule has 0 aromatic carbocycles. The number of aliphatic hydroxyl groups is 1. The maximum absolute atomic E-state index is 8.10. The summed E-state index contributed by atoms with van der Waals surface area (Å²) in [5.74, 6) is 9.73. The molecular weight excluding hydrogens is 100 g/mol. The van der Waals surface area contributed by atoms with E-state index in [4.69, 9.17) is 5.11 Å². The van der Waals surface area contributed by atoms with Crippen LogP contribution in [0, 0.1) is 23.7 Å². The Hall–Kier alpha value is -1.18. The highest BCUT2D eigenvalue weighted by molar-refractivity contribution is 5.29. The minimum atomic E-state index is -0.133. The van der Waals surface area contributed by atoms with Crippen molar-refractivity contribution in [3.8, 4) is 23.7 Å². The molecule has 0 heterocycles. The monoisotopic (exact) mass is 106 g/mol. The number of aliphatic hydroxyl groups excluding tert-OH is 1. The Morgan fingerprint density at radius 1 is 1.50 bits per heavy atom. The largest absolute Gasteiger partial charge is 0.384 e. The quantitative estimate of drug-likeness (QED) is 0.436. The second kappa shape index (κ2) is 5.82. The summed E-state index contributed by atoms with van der Waals surface area (Å²) in [6, 6.07) is 0. The van der Waals surface area contributed by atoms with Crippen LogP contribution in [0.4, 0.5) is 0 Å². The molecule has 1 N–H and O–H groups in total. The van der Waals surface area contributed by atoms with Crippen molar-refractivity contribution < 1.29 is 5.11 Å². The molecule has 0 atom stereocenters. The molecule has 0 aromatic rings. The average Bonchev–Trinajstić information content (AvgIpc) is 1.81. The molecule has 40 valence electrons. The van der Waals surface area contributed by atoms with E-state index < -0.39 is 0 Å². The summed E-state index contributed by atoms with van der Waals surface area (Å²) in [5.41, 5.74) is 0. The highest BCUT2D eigenvalue weighted by Gasteiger charge is 1.54. The van der Waals surface area contributed by atoms with Crippen molar-refractivity contribution in [2.24, 2.45) is 0 Å². The molecule has 0 spiro atoms. The van der Waals surface area contributed by atoms with Crippen molar-refractivity contribution in [3.63, 3.8) is 0 Å². The fourth-order valence-corrected chi connectivity index (χ4v) is 0.171. The summed E-state index contributed by atoms with van der Waals surface area (Å²) >= 11 is 0. The van der Waals surface area contributed by atoms with Gasteiger partial charge in [0.15, 0.2) is 0 Å². The standard InChI is InChI=1S/C7H6O/c1-2-3-4-5-6-7-8/h2,8H,1,7H2. The maximum Gasteiger partial charge on any atom is 0.105 e. The second-order valence-corrected chi connectivity index (χ2v) is 0.933. The van der Waals surface area contributed by atoms with Gasteiger partial charge in [-0.3, -0.25) is 0 Å². The predicted octanol–water partition coefficient (Wildman–Crippen LogP) is 0.171. The Morgan fingerprint density at radius 2 is 2.25 bits per heavy atom. The lowest BCUT2D eigenvalue weighted by atomic mass is 10.5. The first-order valence-electron chi connectivity index (χ1n) is 2.12. The van der Waals surface area contributed by atoms with Crippen LogP contribution in [-0.4, -0.2) is 11.7 Å². The molecule has 0 unspecified atom stereocenters. The van der Waals surface area contributed by atoms with Gasteiger partial charge in [-0.1, -0.05) is 18.4 Å². The van der Waals surface area contributed by atoms with Crippen LogP contribution in [0.5, 0.6) is 0 Å². The van der Waals surface area contributed by atoms with Gasteiger partial charge in [0.1, 0.15) is 6.61 Å². The van der Waals surface area contributed by atoms with E-state index in [9.17, 15) is 0 Å². The molecule has 1 nitrogen and oxygen atoms in total. The van der Waals surface area contributed by atoms with Crippen LogP contribution in [0.2, 0.25) is 0 Å². The van der Waals surface area contributed by atoms with E-state index in [1.807, 2.05) is 0 Å². The molecular formula is C7H6O. The average molecular weight is 106 g/mol. The molecule has 0 aliphatic rings. The summed E-state index contributed by atoms with van der Waals surface area (Å²) in [4.78, 5) is 0. The Bertz CT molecular complexity index is 170. The summed E-state index contributed by atoms with van der Waals surface area (Å²) in [6.07, 6.45) is 1.45. The Balaban J connectivity index is 3.56. The van der Waals surface area contributed by atoms with Crippen LogP contribution >= 0.6 is 0 Å². The summed E-state index contributed by atoms with van der Waals surface area (Å²) in [6.45, 7) is 3.22. The van der Waals surface area contributed by atoms with Crippen LogP contribution in [-0.2, 0) is 0 Å². The lowest BCUT2D eigenvalue weighted by Crippen LogP contribution is -1.68. The van der Waals surface area contributed by atoms with Gasteiger partial charge in [-0.2, -0.15) is 0 Å². The van der Waals surface area contributed by atoms with Crippen LogP contribution in [0.1, 0.15) is 0 Å². The second-order valence-electron chi connectivity index (χ2n) is 0.933. The molecule has 0 saturated carbocycles. The van der Waals surface area contributed by atoms with Gasteiger partial charge in [0.25, 0.3) is 0 Å². The minimum Gasteiger partial charge on any atom is -0.384 e. The molecule has 8 heavy (non-hydrogen) atoms. The van der Waals surface area contributed by atoms with Crippen LogP contribution in [0.3, 0.4) is 0 Å². The predicted molar refractivity (Wildman–Crippen MR) is 32.8 cm³/mol. The molecule has 0 rings (SSSR count). The molecule has 1 heteroatoms. The van der Waals surface area contributed by atoms with Gasteiger partial charge in [-0.15, -0.1) is 0 Å². The summed E-state index contributed by atoms with van der Waals surface area (Å²) < 4.78 is 0. The lowest BCUT2D eigenvalue weighted by molar-refractivity contribution is 0.350. The molecule has 0 saturated heterocycles. The molecule has 0 bridgehead atoms. The normalized spacial score (nSPS) is 5.12. The number of rotatable bonds is 0. The molecule has 0 aliphatic heterocycles. The van der Waals surface area contributed by atoms with Gasteiger partial charge in [0.2, 0.25) is 0 Å². The third-order valence-electron chi connectivity index (χ3n) is 0.404. The highest BCUT2D eigenvalue weighted by atomic mass is 16.2. The van der Waals surface area contributed by atoms with Crippen molar-refractivity contribution >= 4 is 0 Å². The van der Waals surface area contributed by atoms with E-state index in [1.54, 1.807) is 0 Å². The van der Waals surface area contributed by atoms with Crippen LogP contribution < -0.4 is 0 Å². The first-order chi connectivity index (χ1) is 3.91. The van der Waals surface area contributed by atoms with Crippen molar-refractivity contribution in [2.75, 3.05) is 6.61 Å². The van der Waals surface area contributed by atoms with E-state index in [1.165, 1.54) is 6.08 Å². The fraction of sp³-hybridized carbons (Fsp3) is 0.143. The van der Waals surface area contributed by atoms with Crippen molar-refractivity contribution in [1.82, 2.24) is 0 Å². The van der Waals surface area contributed by atoms with E-state index in [0.29, 0.717) is 0 Å². The van der Waals surface area contributed by atoms with Crippen molar-refractivity contribution in [1.29, 1.82) is 0 Å². The van der Waals surface area contributed by atoms with Gasteiger partial charge in [0, 0.05) is 0 Å². The van der Waals surface area contributed by atoms with Gasteiger partial charge in [0.05, 0.1) is 0 Å². The van der Waals surface area contributed by atoms with Gasteiger partial charge in [-0.05, 0) is 17.9 Å². The molecule has 0 radical (unpaired) electrons. The number of allylic oxidation sites excluding steroid dienone is 1. The minimum absolute atomic E-state index is 0.133. The zero-order valence-corrected chi connectivity index (χ0v) is 4.44. The zero-order valence-electron chi connectivity index (χ0n) is 4.44. The van der Waals surface area contributed by atoms with Gasteiger partial charge < -0.3 is 5.11 Å². The molecule has 0 amide bonds. The third-order valence-corrected chi connectivity index (χ3v) is 0.404. The molecule has 0 aliphatic carbocycles. The van der Waals surface area contributed by atoms with E-state index in [-0.39, 0.29) is 6.61 Å². The lowest BCUT2D eigenvalue weighted by Gasteiger charge is -1.61. The van der Waals surface area contributed by atoms with Gasteiger partial charge >= 0.3 is 0 Å². The first-order valence-corrected chi connectivity index (χ1v) is 2.12. The Morgan fingerprint density at radius 3 is 2.75 bits per heavy atom. The van der Waals surface area contributed by atoms with Crippen molar-refractivity contribution in [3.05, 3.63) is 12.7 Å². The topological polar surface area (TPSA) is 20.2 Å². The first kappa shape index (κ1) is 6.82. The van der Waals surface area contributed by atoms with E-state index in [2.05, 4.69) is 30.3 Å². The van der Waals surface area contributed by atoms with Crippen LogP contribution in [0.25, 0.3) is 0 Å². The van der Waals surface area contributed by atoms with E-state index >= 15 is 0 Å². The molecule has 0 aromatic heterocycles. The summed E-state index contributed by atoms with van der Waals surface area (Å²) in [5, 5.41) is 8.10. The maximum atomic E-state index is 8.10. The van der Waals surface area contributed by atoms with E-state index in [0.717, 1.165) is 0 Å². The number of hydrogen-bond donors (Lipinski definition) is 1. The van der Waals surface area contributed by atoms with Gasteiger partial charge in [-0.25, -0.2) is 0 Å². The third kappa shape index (κ3) is 4.82. The smallest absolute Gasteiger partial charge is 0.105 e. The van der Waals surface area contributed by atoms with Crippen molar-refractivity contribution in [2.45, 2.75) is 0 Å². The number of hydrogen-bond acceptors (Lipinski definition) is 1. The zero-order chi connectivity index (χ0) is 6.24. The fourth-order valence-electron chi connectivity index (χ4n) is 0.171. The summed E-state index contributed by atoms with van der Waals surface area (Å²) in [7, 11) is 0. The molecule has 0 fully saturated rings. The van der Waals surface area contributed by atoms with Crippen LogP contribution in [0.15, 0.2) is 12.7 Å².